The second kappa shape index (κ2) is 8.97. The number of pyridine rings is 1. The van der Waals surface area contributed by atoms with Crippen LogP contribution in [0, 0.1) is 5.92 Å². The Morgan fingerprint density at radius 2 is 2.14 bits per heavy atom. The normalized spacial score (nSPS) is 22.2. The number of nitrogens with zero attached hydrogens (tertiary/aromatic N) is 4. The Hall–Kier alpha value is -2.05. The minimum absolute atomic E-state index is 0.0519. The van der Waals surface area contributed by atoms with Gasteiger partial charge >= 0.3 is 0 Å². The zero-order chi connectivity index (χ0) is 20.1. The number of amidine groups is 1. The highest BCUT2D eigenvalue weighted by Crippen LogP contribution is 2.43. The summed E-state index contributed by atoms with van der Waals surface area (Å²) in [7, 11) is 0. The Labute approximate surface area is 176 Å². The standard InChI is InChI=1S/C21H26ClN5S/c1-15(2)21(13-25-16(3)23)20(28-19-9-6-7-17(22)11-19)27(14-26-21)12-18-8-4-5-10-24-18/h4-11,14-15,20H,12-13H2,1-3H3,(H2,23,25). The smallest absolute Gasteiger partial charge is 0.114 e. The number of hydrogen-bond donors (Lipinski definition) is 1. The van der Waals surface area contributed by atoms with E-state index in [1.807, 2.05) is 55.9 Å². The van der Waals surface area contributed by atoms with E-state index in [1.54, 1.807) is 11.8 Å². The fourth-order valence-corrected chi connectivity index (χ4v) is 4.96. The minimum atomic E-state index is -0.387. The number of thioether (sulfide) groups is 1. The summed E-state index contributed by atoms with van der Waals surface area (Å²) in [6, 6.07) is 13.9. The molecule has 0 aliphatic carbocycles. The summed E-state index contributed by atoms with van der Waals surface area (Å²) in [4.78, 5) is 17.4. The molecule has 0 bridgehead atoms. The average molecular weight is 416 g/mol. The summed E-state index contributed by atoms with van der Waals surface area (Å²) < 4.78 is 0. The van der Waals surface area contributed by atoms with E-state index < -0.39 is 0 Å². The number of hydrogen-bond acceptors (Lipinski definition) is 5. The largest absolute Gasteiger partial charge is 0.388 e. The quantitative estimate of drug-likeness (QED) is 0.535. The van der Waals surface area contributed by atoms with Gasteiger partial charge in [-0.2, -0.15) is 0 Å². The zero-order valence-corrected chi connectivity index (χ0v) is 18.0. The molecule has 2 atom stereocenters. The van der Waals surface area contributed by atoms with E-state index in [-0.39, 0.29) is 16.8 Å². The minimum Gasteiger partial charge on any atom is -0.388 e. The molecule has 0 amide bonds. The Morgan fingerprint density at radius 3 is 2.79 bits per heavy atom. The van der Waals surface area contributed by atoms with Crippen LogP contribution in [-0.2, 0) is 6.54 Å². The van der Waals surface area contributed by atoms with Crippen molar-refractivity contribution < 1.29 is 0 Å². The number of rotatable bonds is 7. The maximum absolute atomic E-state index is 6.23. The highest BCUT2D eigenvalue weighted by atomic mass is 35.5. The first-order valence-corrected chi connectivity index (χ1v) is 10.6. The average Bonchev–Trinajstić information content (AvgIpc) is 2.99. The van der Waals surface area contributed by atoms with Gasteiger partial charge in [-0.3, -0.25) is 15.0 Å². The van der Waals surface area contributed by atoms with Crippen LogP contribution in [0.5, 0.6) is 0 Å². The molecule has 1 aromatic heterocycles. The second-order valence-corrected chi connectivity index (χ2v) is 8.86. The van der Waals surface area contributed by atoms with Crippen molar-refractivity contribution in [3.63, 3.8) is 0 Å². The summed E-state index contributed by atoms with van der Waals surface area (Å²) in [5, 5.41) is 0.780. The van der Waals surface area contributed by atoms with Gasteiger partial charge in [0.05, 0.1) is 31.0 Å². The molecule has 3 rings (SSSR count). The zero-order valence-electron chi connectivity index (χ0n) is 16.4. The lowest BCUT2D eigenvalue weighted by atomic mass is 9.87. The summed E-state index contributed by atoms with van der Waals surface area (Å²) in [6.45, 7) is 7.42. The van der Waals surface area contributed by atoms with E-state index in [0.29, 0.717) is 18.9 Å². The van der Waals surface area contributed by atoms with Gasteiger partial charge in [-0.25, -0.2) is 0 Å². The van der Waals surface area contributed by atoms with E-state index in [9.17, 15) is 0 Å². The van der Waals surface area contributed by atoms with Crippen molar-refractivity contribution in [3.05, 3.63) is 59.4 Å². The van der Waals surface area contributed by atoms with Gasteiger partial charge in [0.25, 0.3) is 0 Å². The molecule has 0 fully saturated rings. The molecule has 7 heteroatoms. The Kier molecular flexibility index (Phi) is 6.62. The third-order valence-electron chi connectivity index (χ3n) is 4.87. The van der Waals surface area contributed by atoms with Crippen molar-refractivity contribution in [1.29, 1.82) is 0 Å². The first kappa shape index (κ1) is 20.7. The molecule has 5 nitrogen and oxygen atoms in total. The molecule has 28 heavy (non-hydrogen) atoms. The molecule has 2 N–H and O–H groups in total. The third kappa shape index (κ3) is 4.67. The molecule has 0 saturated heterocycles. The lowest BCUT2D eigenvalue weighted by Crippen LogP contribution is -2.49. The SMILES string of the molecule is CC(N)=NCC1(C(C)C)N=CN(Cc2ccccn2)C1Sc1cccc(Cl)c1. The molecule has 1 aliphatic heterocycles. The van der Waals surface area contributed by atoms with Crippen LogP contribution in [0.15, 0.2) is 63.5 Å². The lowest BCUT2D eigenvalue weighted by Gasteiger charge is -2.38. The second-order valence-electron chi connectivity index (χ2n) is 7.27. The van der Waals surface area contributed by atoms with Crippen molar-refractivity contribution in [3.8, 4) is 0 Å². The van der Waals surface area contributed by atoms with Crippen molar-refractivity contribution in [1.82, 2.24) is 9.88 Å². The molecule has 0 radical (unpaired) electrons. The Bertz CT molecular complexity index is 851. The monoisotopic (exact) mass is 415 g/mol. The van der Waals surface area contributed by atoms with Crippen LogP contribution in [0.1, 0.15) is 26.5 Å². The molecule has 0 saturated carbocycles. The number of benzene rings is 1. The van der Waals surface area contributed by atoms with Gasteiger partial charge in [-0.05, 0) is 43.2 Å². The number of nitrogens with two attached hydrogens (primary N) is 1. The molecule has 2 heterocycles. The van der Waals surface area contributed by atoms with Gasteiger partial charge < -0.3 is 10.6 Å². The predicted octanol–water partition coefficient (Wildman–Crippen LogP) is 4.47. The van der Waals surface area contributed by atoms with Crippen molar-refractivity contribution in [2.75, 3.05) is 6.54 Å². The molecule has 1 aliphatic rings. The molecule has 2 aromatic rings. The Balaban J connectivity index is 1.95. The fraction of sp³-hybridized carbons (Fsp3) is 0.381. The summed E-state index contributed by atoms with van der Waals surface area (Å²) in [6.07, 6.45) is 3.76. The predicted molar refractivity (Wildman–Crippen MR) is 119 cm³/mol. The van der Waals surface area contributed by atoms with Gasteiger partial charge in [0.2, 0.25) is 0 Å². The first-order valence-electron chi connectivity index (χ1n) is 9.30. The first-order chi connectivity index (χ1) is 13.4. The molecule has 2 unspecified atom stereocenters. The van der Waals surface area contributed by atoms with Crippen LogP contribution in [-0.4, -0.2) is 39.5 Å². The maximum atomic E-state index is 6.23. The van der Waals surface area contributed by atoms with Crippen molar-refractivity contribution in [2.24, 2.45) is 21.6 Å². The van der Waals surface area contributed by atoms with E-state index in [0.717, 1.165) is 15.6 Å². The van der Waals surface area contributed by atoms with E-state index in [2.05, 4.69) is 34.8 Å². The highest BCUT2D eigenvalue weighted by Gasteiger charge is 2.48. The summed E-state index contributed by atoms with van der Waals surface area (Å²) in [5.41, 5.74) is 6.47. The van der Waals surface area contributed by atoms with Gasteiger partial charge in [-0.15, -0.1) is 0 Å². The molecular weight excluding hydrogens is 390 g/mol. The van der Waals surface area contributed by atoms with E-state index >= 15 is 0 Å². The van der Waals surface area contributed by atoms with Crippen LogP contribution in [0.2, 0.25) is 5.02 Å². The maximum Gasteiger partial charge on any atom is 0.114 e. The van der Waals surface area contributed by atoms with Crippen LogP contribution >= 0.6 is 23.4 Å². The highest BCUT2D eigenvalue weighted by molar-refractivity contribution is 8.00. The van der Waals surface area contributed by atoms with Crippen LogP contribution < -0.4 is 5.73 Å². The van der Waals surface area contributed by atoms with Gasteiger partial charge in [0.15, 0.2) is 0 Å². The summed E-state index contributed by atoms with van der Waals surface area (Å²) in [5.74, 6) is 0.849. The molecule has 1 aromatic carbocycles. The van der Waals surface area contributed by atoms with Crippen molar-refractivity contribution >= 4 is 35.5 Å². The number of halogens is 1. The van der Waals surface area contributed by atoms with E-state index in [4.69, 9.17) is 22.3 Å². The van der Waals surface area contributed by atoms with Gasteiger partial charge in [-0.1, -0.05) is 49.3 Å². The fourth-order valence-electron chi connectivity index (χ4n) is 3.22. The molecular formula is C21H26ClN5S. The lowest BCUT2D eigenvalue weighted by molar-refractivity contribution is 0.248. The van der Waals surface area contributed by atoms with Crippen LogP contribution in [0.3, 0.4) is 0 Å². The third-order valence-corrected chi connectivity index (χ3v) is 6.53. The van der Waals surface area contributed by atoms with Crippen molar-refractivity contribution in [2.45, 2.75) is 43.1 Å². The summed E-state index contributed by atoms with van der Waals surface area (Å²) >= 11 is 7.98. The molecule has 148 valence electrons. The van der Waals surface area contributed by atoms with Crippen LogP contribution in [0.4, 0.5) is 0 Å². The van der Waals surface area contributed by atoms with Gasteiger partial charge in [0.1, 0.15) is 10.9 Å². The van der Waals surface area contributed by atoms with E-state index in [1.165, 1.54) is 0 Å². The number of aromatic nitrogens is 1. The topological polar surface area (TPSA) is 66.9 Å². The van der Waals surface area contributed by atoms with Crippen LogP contribution in [0.25, 0.3) is 0 Å². The number of aliphatic imine (C=N–C) groups is 2. The van der Waals surface area contributed by atoms with Gasteiger partial charge in [0, 0.05) is 16.1 Å². The molecule has 0 spiro atoms. The Morgan fingerprint density at radius 1 is 1.32 bits per heavy atom.